The van der Waals surface area contributed by atoms with Gasteiger partial charge in [0.15, 0.2) is 0 Å². The van der Waals surface area contributed by atoms with Crippen LogP contribution in [0.5, 0.6) is 0 Å². The molecule has 1 aliphatic carbocycles. The van der Waals surface area contributed by atoms with Gasteiger partial charge in [0.25, 0.3) is 5.56 Å². The molecule has 2 aromatic rings. The van der Waals surface area contributed by atoms with E-state index in [-0.39, 0.29) is 5.56 Å². The molecule has 0 saturated carbocycles. The third kappa shape index (κ3) is 4.04. The van der Waals surface area contributed by atoms with Gasteiger partial charge >= 0.3 is 0 Å². The average molecular weight is 357 g/mol. The number of fused-ring (bicyclic) bond motifs is 1. The van der Waals surface area contributed by atoms with E-state index in [2.05, 4.69) is 20.1 Å². The summed E-state index contributed by atoms with van der Waals surface area (Å²) in [6, 6.07) is 3.80. The third-order valence-corrected chi connectivity index (χ3v) is 5.47. The number of aryl methyl sites for hydroxylation is 3. The van der Waals surface area contributed by atoms with E-state index in [0.29, 0.717) is 6.54 Å². The summed E-state index contributed by atoms with van der Waals surface area (Å²) in [4.78, 5) is 17.1. The van der Waals surface area contributed by atoms with Gasteiger partial charge in [0.1, 0.15) is 5.76 Å². The molecule has 7 heteroatoms. The highest BCUT2D eigenvalue weighted by Gasteiger charge is 2.18. The minimum atomic E-state index is 0.0478. The van der Waals surface area contributed by atoms with Crippen molar-refractivity contribution in [3.63, 3.8) is 0 Å². The molecule has 2 aliphatic rings. The van der Waals surface area contributed by atoms with Crippen LogP contribution in [0.1, 0.15) is 29.1 Å². The highest BCUT2D eigenvalue weighted by Crippen LogP contribution is 2.17. The normalized spacial score (nSPS) is 18.3. The smallest absolute Gasteiger partial charge is 0.267 e. The predicted molar refractivity (Wildman–Crippen MR) is 98.3 cm³/mol. The van der Waals surface area contributed by atoms with Crippen molar-refractivity contribution in [1.82, 2.24) is 24.7 Å². The van der Waals surface area contributed by atoms with E-state index in [1.165, 1.54) is 0 Å². The maximum atomic E-state index is 12.2. The highest BCUT2D eigenvalue weighted by atomic mass is 16.5. The summed E-state index contributed by atoms with van der Waals surface area (Å²) in [6.07, 6.45) is 4.06. The van der Waals surface area contributed by atoms with Crippen molar-refractivity contribution in [3.8, 4) is 0 Å². The lowest BCUT2D eigenvalue weighted by atomic mass is 10.2. The Hall–Kier alpha value is -1.99. The topological polar surface area (TPSA) is 67.4 Å². The maximum absolute atomic E-state index is 12.2. The third-order valence-electron chi connectivity index (χ3n) is 5.47. The molecule has 0 spiro atoms. The first-order valence-corrected chi connectivity index (χ1v) is 9.64. The van der Waals surface area contributed by atoms with E-state index in [1.807, 2.05) is 13.0 Å². The van der Waals surface area contributed by atoms with Crippen LogP contribution in [-0.4, -0.2) is 64.0 Å². The number of nitrogens with zero attached hydrogens (tertiary/aromatic N) is 5. The Kier molecular flexibility index (Phi) is 5.17. The van der Waals surface area contributed by atoms with Gasteiger partial charge < -0.3 is 9.42 Å². The summed E-state index contributed by atoms with van der Waals surface area (Å²) in [5.74, 6) is 0.965. The lowest BCUT2D eigenvalue weighted by molar-refractivity contribution is 0.127. The Morgan fingerprint density at radius 3 is 2.54 bits per heavy atom. The minimum Gasteiger partial charge on any atom is -0.361 e. The summed E-state index contributed by atoms with van der Waals surface area (Å²) in [6.45, 7) is 8.72. The first kappa shape index (κ1) is 17.4. The first-order valence-electron chi connectivity index (χ1n) is 9.64. The molecule has 1 fully saturated rings. The van der Waals surface area contributed by atoms with E-state index in [9.17, 15) is 4.79 Å². The quantitative estimate of drug-likeness (QED) is 0.765. The SMILES string of the molecule is Cc1cc(CCN2CCN(CCn3nc4c(cc3=O)CCC4)CC2)on1. The van der Waals surface area contributed by atoms with Gasteiger partial charge in [0.2, 0.25) is 0 Å². The van der Waals surface area contributed by atoms with Crippen molar-refractivity contribution < 1.29 is 4.52 Å². The summed E-state index contributed by atoms with van der Waals surface area (Å²) in [5.41, 5.74) is 3.27. The van der Waals surface area contributed by atoms with Crippen LogP contribution in [0.3, 0.4) is 0 Å². The van der Waals surface area contributed by atoms with Crippen molar-refractivity contribution in [2.45, 2.75) is 39.2 Å². The molecule has 0 aromatic carbocycles. The van der Waals surface area contributed by atoms with Gasteiger partial charge in [-0.15, -0.1) is 0 Å². The predicted octanol–water partition coefficient (Wildman–Crippen LogP) is 0.889. The van der Waals surface area contributed by atoms with Crippen molar-refractivity contribution >= 4 is 0 Å². The van der Waals surface area contributed by atoms with Crippen LogP contribution in [-0.2, 0) is 25.8 Å². The second-order valence-corrected chi connectivity index (χ2v) is 7.40. The highest BCUT2D eigenvalue weighted by molar-refractivity contribution is 5.22. The van der Waals surface area contributed by atoms with E-state index in [0.717, 1.165) is 87.7 Å². The van der Waals surface area contributed by atoms with Gasteiger partial charge in [-0.1, -0.05) is 5.16 Å². The van der Waals surface area contributed by atoms with Crippen molar-refractivity contribution in [3.05, 3.63) is 45.2 Å². The molecule has 26 heavy (non-hydrogen) atoms. The molecule has 0 unspecified atom stereocenters. The van der Waals surface area contributed by atoms with Gasteiger partial charge in [0, 0.05) is 57.8 Å². The zero-order valence-corrected chi connectivity index (χ0v) is 15.5. The second-order valence-electron chi connectivity index (χ2n) is 7.40. The van der Waals surface area contributed by atoms with Crippen molar-refractivity contribution in [1.29, 1.82) is 0 Å². The van der Waals surface area contributed by atoms with Crippen LogP contribution in [0.4, 0.5) is 0 Å². The number of hydrogen-bond acceptors (Lipinski definition) is 6. The molecule has 3 heterocycles. The Labute approximate surface area is 153 Å². The lowest BCUT2D eigenvalue weighted by Crippen LogP contribution is -2.48. The van der Waals surface area contributed by atoms with Gasteiger partial charge in [-0.2, -0.15) is 5.10 Å². The maximum Gasteiger partial charge on any atom is 0.267 e. The fourth-order valence-corrected chi connectivity index (χ4v) is 3.87. The molecule has 0 radical (unpaired) electrons. The van der Waals surface area contributed by atoms with Crippen LogP contribution >= 0.6 is 0 Å². The standard InChI is InChI=1S/C19H27N5O2/c1-15-13-17(26-21-15)5-6-22-7-9-23(10-8-22)11-12-24-19(25)14-16-3-2-4-18(16)20-24/h13-14H,2-12H2,1H3. The van der Waals surface area contributed by atoms with E-state index in [1.54, 1.807) is 10.7 Å². The monoisotopic (exact) mass is 357 g/mol. The van der Waals surface area contributed by atoms with Gasteiger partial charge in [-0.3, -0.25) is 9.69 Å². The molecular weight excluding hydrogens is 330 g/mol. The molecule has 1 aliphatic heterocycles. The number of piperazine rings is 1. The molecule has 0 N–H and O–H groups in total. The van der Waals surface area contributed by atoms with Crippen LogP contribution < -0.4 is 5.56 Å². The summed E-state index contributed by atoms with van der Waals surface area (Å²) >= 11 is 0. The first-order chi connectivity index (χ1) is 12.7. The van der Waals surface area contributed by atoms with E-state index >= 15 is 0 Å². The average Bonchev–Trinajstić information content (AvgIpc) is 3.27. The number of rotatable bonds is 6. The van der Waals surface area contributed by atoms with Gasteiger partial charge in [0.05, 0.1) is 17.9 Å². The number of aromatic nitrogens is 3. The summed E-state index contributed by atoms with van der Waals surface area (Å²) < 4.78 is 6.94. The van der Waals surface area contributed by atoms with Crippen LogP contribution in [0, 0.1) is 6.92 Å². The Bertz CT molecular complexity index is 805. The second kappa shape index (κ2) is 7.72. The molecule has 0 amide bonds. The van der Waals surface area contributed by atoms with Crippen LogP contribution in [0.25, 0.3) is 0 Å². The molecule has 140 valence electrons. The van der Waals surface area contributed by atoms with E-state index < -0.39 is 0 Å². The summed E-state index contributed by atoms with van der Waals surface area (Å²) in [5, 5.41) is 8.51. The Balaban J connectivity index is 1.22. The molecule has 2 aromatic heterocycles. The molecular formula is C19H27N5O2. The van der Waals surface area contributed by atoms with Crippen molar-refractivity contribution in [2.24, 2.45) is 0 Å². The molecule has 7 nitrogen and oxygen atoms in total. The fourth-order valence-electron chi connectivity index (χ4n) is 3.87. The van der Waals surface area contributed by atoms with Gasteiger partial charge in [-0.25, -0.2) is 4.68 Å². The fraction of sp³-hybridized carbons (Fsp3) is 0.632. The zero-order chi connectivity index (χ0) is 17.9. The zero-order valence-electron chi connectivity index (χ0n) is 15.5. The molecule has 4 rings (SSSR count). The van der Waals surface area contributed by atoms with Crippen molar-refractivity contribution in [2.75, 3.05) is 39.3 Å². The van der Waals surface area contributed by atoms with Crippen LogP contribution in [0.2, 0.25) is 0 Å². The van der Waals surface area contributed by atoms with Crippen LogP contribution in [0.15, 0.2) is 21.5 Å². The minimum absolute atomic E-state index is 0.0478. The molecule has 1 saturated heterocycles. The lowest BCUT2D eigenvalue weighted by Gasteiger charge is -2.34. The Morgan fingerprint density at radius 1 is 1.04 bits per heavy atom. The Morgan fingerprint density at radius 2 is 1.81 bits per heavy atom. The molecule has 0 bridgehead atoms. The number of hydrogen-bond donors (Lipinski definition) is 0. The molecule has 0 atom stereocenters. The largest absolute Gasteiger partial charge is 0.361 e. The van der Waals surface area contributed by atoms with Gasteiger partial charge in [-0.05, 0) is 31.7 Å². The van der Waals surface area contributed by atoms with E-state index in [4.69, 9.17) is 4.52 Å². The summed E-state index contributed by atoms with van der Waals surface area (Å²) in [7, 11) is 0.